The Balaban J connectivity index is 1.65. The lowest BCUT2D eigenvalue weighted by Crippen LogP contribution is -2.40. The fourth-order valence-corrected chi connectivity index (χ4v) is 4.50. The molecule has 1 aromatic carbocycles. The molecule has 0 fully saturated rings. The lowest BCUT2D eigenvalue weighted by molar-refractivity contribution is 0.481. The topological polar surface area (TPSA) is 78.2 Å². The van der Waals surface area contributed by atoms with Crippen molar-refractivity contribution in [2.24, 2.45) is 7.05 Å². The number of halogens is 2. The molecular weight excluding hydrogens is 441 g/mol. The molecule has 5 rings (SSSR count). The zero-order valence-corrected chi connectivity index (χ0v) is 18.2. The molecule has 0 atom stereocenters. The summed E-state index contributed by atoms with van der Waals surface area (Å²) in [5.74, 6) is 1.47. The van der Waals surface area contributed by atoms with Crippen LogP contribution in [-0.4, -0.2) is 25.2 Å². The van der Waals surface area contributed by atoms with Gasteiger partial charge in [0.15, 0.2) is 11.2 Å². The minimum atomic E-state index is -0.448. The van der Waals surface area contributed by atoms with Crippen molar-refractivity contribution in [1.29, 1.82) is 0 Å². The molecular formula is C21H19Cl2N5O3. The summed E-state index contributed by atoms with van der Waals surface area (Å²) in [5.41, 5.74) is 0.586. The number of benzene rings is 1. The third kappa shape index (κ3) is 3.36. The van der Waals surface area contributed by atoms with Crippen molar-refractivity contribution in [3.05, 3.63) is 78.8 Å². The van der Waals surface area contributed by atoms with Crippen LogP contribution < -0.4 is 16.1 Å². The molecule has 1 aliphatic rings. The number of nitrogens with zero attached hydrogens (tertiary/aromatic N) is 5. The van der Waals surface area contributed by atoms with Gasteiger partial charge in [-0.3, -0.25) is 13.9 Å². The zero-order valence-electron chi connectivity index (χ0n) is 16.7. The third-order valence-electron chi connectivity index (χ3n) is 5.58. The number of fused-ring (bicyclic) bond motifs is 3. The van der Waals surface area contributed by atoms with E-state index in [9.17, 15) is 9.59 Å². The highest BCUT2D eigenvalue weighted by atomic mass is 35.5. The minimum Gasteiger partial charge on any atom is -0.467 e. The first-order valence-electron chi connectivity index (χ1n) is 9.85. The highest BCUT2D eigenvalue weighted by molar-refractivity contribution is 6.35. The quantitative estimate of drug-likeness (QED) is 0.467. The first kappa shape index (κ1) is 20.0. The molecule has 4 aromatic rings. The highest BCUT2D eigenvalue weighted by Gasteiger charge is 2.26. The summed E-state index contributed by atoms with van der Waals surface area (Å²) in [5, 5.41) is 0.896. The van der Waals surface area contributed by atoms with E-state index in [4.69, 9.17) is 27.6 Å². The van der Waals surface area contributed by atoms with E-state index >= 15 is 0 Å². The maximum absolute atomic E-state index is 13.4. The number of rotatable bonds is 4. The van der Waals surface area contributed by atoms with Crippen LogP contribution in [0.1, 0.15) is 17.7 Å². The molecule has 0 radical (unpaired) electrons. The summed E-state index contributed by atoms with van der Waals surface area (Å²) in [4.78, 5) is 33.2. The fourth-order valence-electron chi connectivity index (χ4n) is 4.03. The fraction of sp³-hybridized carbons (Fsp3) is 0.286. The van der Waals surface area contributed by atoms with Gasteiger partial charge in [-0.05, 0) is 36.2 Å². The van der Waals surface area contributed by atoms with Crippen LogP contribution in [0, 0.1) is 0 Å². The molecule has 0 saturated carbocycles. The molecule has 3 aromatic heterocycles. The second kappa shape index (κ2) is 7.62. The van der Waals surface area contributed by atoms with Crippen LogP contribution in [0.5, 0.6) is 0 Å². The van der Waals surface area contributed by atoms with E-state index < -0.39 is 5.69 Å². The number of aromatic nitrogens is 4. The molecule has 160 valence electrons. The average molecular weight is 460 g/mol. The van der Waals surface area contributed by atoms with Crippen molar-refractivity contribution < 1.29 is 4.42 Å². The van der Waals surface area contributed by atoms with Gasteiger partial charge < -0.3 is 13.9 Å². The molecule has 0 aliphatic carbocycles. The summed E-state index contributed by atoms with van der Waals surface area (Å²) in [6.07, 6.45) is 2.48. The van der Waals surface area contributed by atoms with Gasteiger partial charge in [-0.15, -0.1) is 0 Å². The Bertz CT molecular complexity index is 1400. The summed E-state index contributed by atoms with van der Waals surface area (Å²) in [6.45, 7) is 2.02. The normalized spacial score (nSPS) is 13.7. The highest BCUT2D eigenvalue weighted by Crippen LogP contribution is 2.26. The van der Waals surface area contributed by atoms with Gasteiger partial charge in [0.25, 0.3) is 5.56 Å². The Kier molecular flexibility index (Phi) is 4.91. The van der Waals surface area contributed by atoms with Gasteiger partial charge in [0.2, 0.25) is 5.95 Å². The molecule has 0 N–H and O–H groups in total. The predicted octanol–water partition coefficient (Wildman–Crippen LogP) is 3.26. The lowest BCUT2D eigenvalue weighted by Gasteiger charge is -2.28. The Hall–Kier alpha value is -2.97. The van der Waals surface area contributed by atoms with E-state index in [1.165, 1.54) is 9.13 Å². The van der Waals surface area contributed by atoms with E-state index in [1.54, 1.807) is 31.5 Å². The summed E-state index contributed by atoms with van der Waals surface area (Å²) in [7, 11) is 1.62. The lowest BCUT2D eigenvalue weighted by atomic mass is 10.2. The molecule has 0 saturated heterocycles. The largest absolute Gasteiger partial charge is 0.467 e. The van der Waals surface area contributed by atoms with Crippen LogP contribution in [-0.2, 0) is 26.7 Å². The first-order valence-corrected chi connectivity index (χ1v) is 10.6. The zero-order chi connectivity index (χ0) is 21.7. The van der Waals surface area contributed by atoms with Crippen LogP contribution in [0.4, 0.5) is 5.95 Å². The third-order valence-corrected chi connectivity index (χ3v) is 6.16. The van der Waals surface area contributed by atoms with Gasteiger partial charge in [0.05, 0.1) is 19.4 Å². The van der Waals surface area contributed by atoms with E-state index in [1.807, 2.05) is 16.7 Å². The second-order valence-corrected chi connectivity index (χ2v) is 8.40. The number of imidazole rings is 1. The summed E-state index contributed by atoms with van der Waals surface area (Å²) >= 11 is 12.3. The number of aryl methyl sites for hydroxylation is 2. The maximum Gasteiger partial charge on any atom is 0.332 e. The molecule has 0 spiro atoms. The van der Waals surface area contributed by atoms with Crippen LogP contribution in [0.25, 0.3) is 11.2 Å². The SMILES string of the molecule is Cn1c(=O)n(Cc2ccc(Cl)cc2Cl)c(=O)c2c1nc1n2CCCN1Cc1ccco1. The van der Waals surface area contributed by atoms with E-state index in [2.05, 4.69) is 9.88 Å². The number of hydrogen-bond acceptors (Lipinski definition) is 5. The number of anilines is 1. The molecule has 0 bridgehead atoms. The average Bonchev–Trinajstić information content (AvgIpc) is 3.39. The van der Waals surface area contributed by atoms with Crippen molar-refractivity contribution in [2.75, 3.05) is 11.4 Å². The van der Waals surface area contributed by atoms with Gasteiger partial charge in [-0.25, -0.2) is 4.79 Å². The van der Waals surface area contributed by atoms with Gasteiger partial charge in [-0.2, -0.15) is 4.98 Å². The molecule has 10 heteroatoms. The Morgan fingerprint density at radius 2 is 1.97 bits per heavy atom. The molecule has 8 nitrogen and oxygen atoms in total. The van der Waals surface area contributed by atoms with Gasteiger partial charge in [-0.1, -0.05) is 29.3 Å². The molecule has 0 unspecified atom stereocenters. The smallest absolute Gasteiger partial charge is 0.332 e. The van der Waals surface area contributed by atoms with Crippen molar-refractivity contribution in [3.8, 4) is 0 Å². The Morgan fingerprint density at radius 1 is 1.13 bits per heavy atom. The Labute approximate surface area is 186 Å². The minimum absolute atomic E-state index is 0.0497. The molecule has 0 amide bonds. The predicted molar refractivity (Wildman–Crippen MR) is 119 cm³/mol. The van der Waals surface area contributed by atoms with Crippen LogP contribution in [0.3, 0.4) is 0 Å². The summed E-state index contributed by atoms with van der Waals surface area (Å²) < 4.78 is 9.97. The molecule has 1 aliphatic heterocycles. The second-order valence-electron chi connectivity index (χ2n) is 7.56. The molecule has 31 heavy (non-hydrogen) atoms. The van der Waals surface area contributed by atoms with Gasteiger partial charge >= 0.3 is 5.69 Å². The van der Waals surface area contributed by atoms with E-state index in [0.717, 1.165) is 18.7 Å². The Morgan fingerprint density at radius 3 is 2.71 bits per heavy atom. The first-order chi connectivity index (χ1) is 14.9. The van der Waals surface area contributed by atoms with Crippen LogP contribution in [0.2, 0.25) is 10.0 Å². The van der Waals surface area contributed by atoms with Crippen LogP contribution >= 0.6 is 23.2 Å². The van der Waals surface area contributed by atoms with E-state index in [-0.39, 0.29) is 12.1 Å². The van der Waals surface area contributed by atoms with Crippen molar-refractivity contribution in [3.63, 3.8) is 0 Å². The van der Waals surface area contributed by atoms with Crippen molar-refractivity contribution in [1.82, 2.24) is 18.7 Å². The monoisotopic (exact) mass is 459 g/mol. The van der Waals surface area contributed by atoms with Crippen LogP contribution in [0.15, 0.2) is 50.6 Å². The molecule has 4 heterocycles. The van der Waals surface area contributed by atoms with Crippen molar-refractivity contribution in [2.45, 2.75) is 26.1 Å². The van der Waals surface area contributed by atoms with Gasteiger partial charge in [0, 0.05) is 30.2 Å². The summed E-state index contributed by atoms with van der Waals surface area (Å²) in [6, 6.07) is 8.74. The van der Waals surface area contributed by atoms with E-state index in [0.29, 0.717) is 45.8 Å². The number of furan rings is 1. The standard InChI is InChI=1S/C21H19Cl2N5O3/c1-25-18-17(19(29)28(21(25)30)11-13-5-6-14(22)10-16(13)23)27-8-3-7-26(20(27)24-18)12-15-4-2-9-31-15/h2,4-6,9-10H,3,7-8,11-12H2,1H3. The van der Waals surface area contributed by atoms with Crippen molar-refractivity contribution >= 4 is 40.3 Å². The number of hydrogen-bond donors (Lipinski definition) is 0. The van der Waals surface area contributed by atoms with Gasteiger partial charge in [0.1, 0.15) is 5.76 Å². The maximum atomic E-state index is 13.4.